The maximum absolute atomic E-state index is 7.14. The van der Waals surface area contributed by atoms with Crippen LogP contribution in [-0.4, -0.2) is 44.8 Å². The number of hydrogen-bond donors (Lipinski definition) is 0. The van der Waals surface area contributed by atoms with E-state index in [1.807, 2.05) is 28.9 Å². The Morgan fingerprint density at radius 1 is 0.848 bits per heavy atom. The third-order valence-electron chi connectivity index (χ3n) is 9.63. The van der Waals surface area contributed by atoms with Crippen molar-refractivity contribution in [2.45, 2.75) is 97.7 Å². The quantitative estimate of drug-likeness (QED) is 0.162. The van der Waals surface area contributed by atoms with Gasteiger partial charge in [0.1, 0.15) is 30.4 Å². The van der Waals surface area contributed by atoms with Crippen molar-refractivity contribution in [3.63, 3.8) is 0 Å². The second-order valence-electron chi connectivity index (χ2n) is 15.0. The van der Waals surface area contributed by atoms with Crippen molar-refractivity contribution >= 4 is 39.6 Å². The molecule has 2 aromatic carbocycles. The van der Waals surface area contributed by atoms with Crippen LogP contribution in [0.2, 0.25) is 40.6 Å². The van der Waals surface area contributed by atoms with Crippen molar-refractivity contribution in [3.05, 3.63) is 57.2 Å². The van der Waals surface area contributed by atoms with Gasteiger partial charge < -0.3 is 18.3 Å². The summed E-state index contributed by atoms with van der Waals surface area (Å²) >= 11 is 7.87. The van der Waals surface area contributed by atoms with Crippen LogP contribution in [0.15, 0.2) is 42.5 Å². The zero-order valence-corrected chi connectivity index (χ0v) is 32.7. The fraction of sp³-hybridized carbons (Fsp3) is 0.486. The van der Waals surface area contributed by atoms with E-state index in [9.17, 15) is 0 Å². The molecule has 0 aliphatic carbocycles. The average molecular weight is 698 g/mol. The van der Waals surface area contributed by atoms with Gasteiger partial charge in [0.05, 0.1) is 16.6 Å². The lowest BCUT2D eigenvalue weighted by atomic mass is 10.00. The fourth-order valence-corrected chi connectivity index (χ4v) is 7.91. The number of benzene rings is 2. The monoisotopic (exact) mass is 697 g/mol. The molecule has 7 nitrogen and oxygen atoms in total. The second-order valence-corrected chi connectivity index (χ2v) is 26.3. The summed E-state index contributed by atoms with van der Waals surface area (Å²) in [7, 11) is -4.41. The molecule has 46 heavy (non-hydrogen) atoms. The molecule has 3 heterocycles. The molecule has 0 saturated heterocycles. The first-order valence-corrected chi connectivity index (χ1v) is 23.0. The predicted molar refractivity (Wildman–Crippen MR) is 195 cm³/mol. The van der Waals surface area contributed by atoms with Gasteiger partial charge in [-0.3, -0.25) is 0 Å². The number of aryl methyl sites for hydroxylation is 1. The Hall–Kier alpha value is -2.80. The van der Waals surface area contributed by atoms with Crippen LogP contribution in [0, 0.1) is 0 Å². The number of nitrogens with zero attached hydrogens (tertiary/aromatic N) is 3. The molecule has 1 aliphatic heterocycles. The summed E-state index contributed by atoms with van der Waals surface area (Å²) in [4.78, 5) is 1.09. The topological polar surface area (TPSA) is 67.6 Å². The summed E-state index contributed by atoms with van der Waals surface area (Å²) in [6.45, 7) is 26.5. The van der Waals surface area contributed by atoms with E-state index in [4.69, 9.17) is 40.2 Å². The summed E-state index contributed by atoms with van der Waals surface area (Å²) < 4.78 is 28.7. The molecule has 0 saturated carbocycles. The van der Waals surface area contributed by atoms with E-state index in [2.05, 4.69) is 92.9 Å². The summed E-state index contributed by atoms with van der Waals surface area (Å²) in [6, 6.07) is 14.3. The molecule has 0 bridgehead atoms. The summed E-state index contributed by atoms with van der Waals surface area (Å²) in [5, 5.41) is 9.64. The molecule has 0 radical (unpaired) electrons. The van der Waals surface area contributed by atoms with Gasteiger partial charge in [-0.05, 0) is 84.6 Å². The van der Waals surface area contributed by atoms with Crippen LogP contribution in [0.3, 0.4) is 0 Å². The number of fused-ring (bicyclic) bond motifs is 1. The van der Waals surface area contributed by atoms with Crippen LogP contribution in [0.1, 0.15) is 58.9 Å². The highest BCUT2D eigenvalue weighted by atomic mass is 35.5. The SMILES string of the molecule is CCc1cc(-c2nnn(Cc3ccc(Cl)s3)c2-c2ccc3c(c2)OCCO3)c(O[Si](C)(C)C(C)(C)C)cc1O[Si](C)(C)C(C)(C)C. The Labute approximate surface area is 285 Å². The molecule has 0 N–H and O–H groups in total. The molecule has 0 unspecified atom stereocenters. The van der Waals surface area contributed by atoms with Gasteiger partial charge >= 0.3 is 0 Å². The molecule has 11 heteroatoms. The number of aromatic nitrogens is 3. The van der Waals surface area contributed by atoms with Crippen molar-refractivity contribution in [1.29, 1.82) is 0 Å². The van der Waals surface area contributed by atoms with Crippen molar-refractivity contribution < 1.29 is 18.3 Å². The third kappa shape index (κ3) is 7.05. The molecular formula is C35H48ClN3O4SSi2. The van der Waals surface area contributed by atoms with E-state index in [0.29, 0.717) is 25.5 Å². The smallest absolute Gasteiger partial charge is 0.250 e. The minimum absolute atomic E-state index is 0.0111. The van der Waals surface area contributed by atoms with E-state index >= 15 is 0 Å². The molecule has 0 spiro atoms. The highest BCUT2D eigenvalue weighted by molar-refractivity contribution is 7.16. The highest BCUT2D eigenvalue weighted by Crippen LogP contribution is 2.47. The van der Waals surface area contributed by atoms with E-state index in [0.717, 1.165) is 61.0 Å². The molecule has 248 valence electrons. The first kappa shape index (κ1) is 34.5. The van der Waals surface area contributed by atoms with Gasteiger partial charge in [0.25, 0.3) is 8.32 Å². The van der Waals surface area contributed by atoms with Gasteiger partial charge in [0.2, 0.25) is 8.32 Å². The Balaban J connectivity index is 1.74. The molecule has 0 amide bonds. The number of hydrogen-bond acceptors (Lipinski definition) is 7. The van der Waals surface area contributed by atoms with Crippen molar-refractivity contribution in [1.82, 2.24) is 15.0 Å². The third-order valence-corrected chi connectivity index (χ3v) is 19.5. The zero-order valence-electron chi connectivity index (χ0n) is 29.1. The minimum atomic E-state index is -2.27. The van der Waals surface area contributed by atoms with E-state index < -0.39 is 16.6 Å². The lowest BCUT2D eigenvalue weighted by molar-refractivity contribution is 0.171. The summed E-state index contributed by atoms with van der Waals surface area (Å²) in [5.74, 6) is 3.13. The van der Waals surface area contributed by atoms with Crippen LogP contribution >= 0.6 is 22.9 Å². The van der Waals surface area contributed by atoms with Gasteiger partial charge in [0, 0.05) is 22.1 Å². The lowest BCUT2D eigenvalue weighted by Crippen LogP contribution is -2.44. The van der Waals surface area contributed by atoms with Crippen LogP contribution in [-0.2, 0) is 13.0 Å². The fourth-order valence-electron chi connectivity index (χ4n) is 4.77. The Bertz CT molecular complexity index is 1720. The first-order chi connectivity index (χ1) is 21.4. The van der Waals surface area contributed by atoms with Crippen LogP contribution in [0.4, 0.5) is 0 Å². The van der Waals surface area contributed by atoms with E-state index in [1.54, 1.807) is 11.3 Å². The summed E-state index contributed by atoms with van der Waals surface area (Å²) in [5.41, 5.74) is 4.59. The van der Waals surface area contributed by atoms with Gasteiger partial charge in [-0.25, -0.2) is 4.68 Å². The highest BCUT2D eigenvalue weighted by Gasteiger charge is 2.42. The lowest BCUT2D eigenvalue weighted by Gasteiger charge is -2.39. The first-order valence-electron chi connectivity index (χ1n) is 16.0. The largest absolute Gasteiger partial charge is 0.543 e. The molecule has 2 aromatic heterocycles. The normalized spacial score (nSPS) is 14.0. The molecule has 0 atom stereocenters. The maximum Gasteiger partial charge on any atom is 0.250 e. The van der Waals surface area contributed by atoms with Crippen LogP contribution in [0.25, 0.3) is 22.5 Å². The van der Waals surface area contributed by atoms with Crippen molar-refractivity contribution in [3.8, 4) is 45.5 Å². The number of thiophene rings is 1. The maximum atomic E-state index is 7.14. The van der Waals surface area contributed by atoms with Crippen LogP contribution < -0.4 is 18.3 Å². The van der Waals surface area contributed by atoms with Gasteiger partial charge in [-0.2, -0.15) is 0 Å². The number of ether oxygens (including phenoxy) is 2. The summed E-state index contributed by atoms with van der Waals surface area (Å²) in [6.07, 6.45) is 0.804. The van der Waals surface area contributed by atoms with Crippen LogP contribution in [0.5, 0.6) is 23.0 Å². The van der Waals surface area contributed by atoms with Gasteiger partial charge in [-0.1, -0.05) is 65.3 Å². The average Bonchev–Trinajstić information content (AvgIpc) is 3.57. The Morgan fingerprint density at radius 3 is 2.07 bits per heavy atom. The van der Waals surface area contributed by atoms with E-state index in [-0.39, 0.29) is 10.1 Å². The molecular weight excluding hydrogens is 650 g/mol. The minimum Gasteiger partial charge on any atom is -0.543 e. The number of halogens is 1. The van der Waals surface area contributed by atoms with Gasteiger partial charge in [-0.15, -0.1) is 16.4 Å². The van der Waals surface area contributed by atoms with Crippen molar-refractivity contribution in [2.24, 2.45) is 0 Å². The van der Waals surface area contributed by atoms with Crippen molar-refractivity contribution in [2.75, 3.05) is 13.2 Å². The zero-order chi connectivity index (χ0) is 33.7. The second kappa shape index (κ2) is 12.7. The predicted octanol–water partition coefficient (Wildman–Crippen LogP) is 10.5. The van der Waals surface area contributed by atoms with E-state index in [1.165, 1.54) is 0 Å². The molecule has 0 fully saturated rings. The Kier molecular flexibility index (Phi) is 9.51. The molecule has 4 aromatic rings. The standard InChI is InChI=1S/C35H48ClN3O4SSi2/c1-12-23-19-26(29(43-46(10,11)35(5,6)7)21-28(23)42-45(8,9)34(2,3)4)32-33(24-13-15-27-30(20-24)41-18-17-40-27)39(38-37-32)22-25-14-16-31(36)44-25/h13-16,19-21H,12,17-18,22H2,1-11H3. The molecule has 1 aliphatic rings. The van der Waals surface area contributed by atoms with Gasteiger partial charge in [0.15, 0.2) is 11.5 Å². The molecule has 5 rings (SSSR count). The number of rotatable bonds is 9. The Morgan fingerprint density at radius 2 is 1.48 bits per heavy atom.